The Bertz CT molecular complexity index is 855. The quantitative estimate of drug-likeness (QED) is 0.345. The van der Waals surface area contributed by atoms with Gasteiger partial charge in [0, 0.05) is 0 Å². The molecule has 0 saturated heterocycles. The molecule has 4 rings (SSSR count). The van der Waals surface area contributed by atoms with Crippen LogP contribution in [0.4, 0.5) is 0 Å². The van der Waals surface area contributed by atoms with Crippen molar-refractivity contribution in [3.8, 4) is 0 Å². The van der Waals surface area contributed by atoms with E-state index in [9.17, 15) is 4.79 Å². The highest BCUT2D eigenvalue weighted by molar-refractivity contribution is 5.95. The molecule has 2 aromatic rings. The van der Waals surface area contributed by atoms with E-state index in [0.29, 0.717) is 11.5 Å². The van der Waals surface area contributed by atoms with Crippen molar-refractivity contribution >= 4 is 16.7 Å². The third kappa shape index (κ3) is 4.90. The van der Waals surface area contributed by atoms with Gasteiger partial charge in [0.25, 0.3) is 0 Å². The van der Waals surface area contributed by atoms with Crippen LogP contribution in [0.3, 0.4) is 0 Å². The summed E-state index contributed by atoms with van der Waals surface area (Å²) >= 11 is 0. The van der Waals surface area contributed by atoms with Gasteiger partial charge in [-0.3, -0.25) is 0 Å². The maximum Gasteiger partial charge on any atom is 0.337 e. The molecule has 2 aromatic carbocycles. The molecule has 2 fully saturated rings. The minimum absolute atomic E-state index is 0.264. The van der Waals surface area contributed by atoms with Gasteiger partial charge < -0.3 is 4.74 Å². The van der Waals surface area contributed by atoms with E-state index in [-0.39, 0.29) is 5.97 Å². The van der Waals surface area contributed by atoms with Crippen LogP contribution in [0.5, 0.6) is 0 Å². The number of ether oxygens (including phenoxy) is 1. The fourth-order valence-corrected chi connectivity index (χ4v) is 6.17. The molecule has 2 unspecified atom stereocenters. The van der Waals surface area contributed by atoms with Crippen LogP contribution in [-0.4, -0.2) is 13.1 Å². The Morgan fingerprint density at radius 3 is 2.50 bits per heavy atom. The average Bonchev–Trinajstić information content (AvgIpc) is 2.80. The van der Waals surface area contributed by atoms with Crippen molar-refractivity contribution in [3.63, 3.8) is 0 Å². The van der Waals surface area contributed by atoms with E-state index in [1.165, 1.54) is 88.7 Å². The number of carbonyl (C=O) groups is 1. The summed E-state index contributed by atoms with van der Waals surface area (Å²) in [5, 5.41) is 2.36. The molecule has 2 heteroatoms. The lowest BCUT2D eigenvalue weighted by Crippen LogP contribution is -2.30. The van der Waals surface area contributed by atoms with Gasteiger partial charge in [0.1, 0.15) is 0 Å². The van der Waals surface area contributed by atoms with Crippen molar-refractivity contribution in [1.82, 2.24) is 0 Å². The van der Waals surface area contributed by atoms with Gasteiger partial charge in [0.15, 0.2) is 0 Å². The van der Waals surface area contributed by atoms with Gasteiger partial charge in [-0.25, -0.2) is 4.79 Å². The molecule has 30 heavy (non-hydrogen) atoms. The Morgan fingerprint density at radius 2 is 1.67 bits per heavy atom. The number of carbonyl (C=O) groups excluding carboxylic acids is 1. The molecule has 0 aromatic heterocycles. The molecule has 0 radical (unpaired) electrons. The van der Waals surface area contributed by atoms with Gasteiger partial charge in [-0.05, 0) is 84.2 Å². The molecule has 0 aliphatic heterocycles. The predicted molar refractivity (Wildman–Crippen MR) is 125 cm³/mol. The minimum atomic E-state index is -0.264. The van der Waals surface area contributed by atoms with E-state index in [4.69, 9.17) is 4.74 Å². The van der Waals surface area contributed by atoms with E-state index in [1.807, 2.05) is 12.1 Å². The summed E-state index contributed by atoms with van der Waals surface area (Å²) in [5.74, 6) is 3.36. The lowest BCUT2D eigenvalue weighted by atomic mass is 9.63. The molecule has 0 bridgehead atoms. The second kappa shape index (κ2) is 9.98. The van der Waals surface area contributed by atoms with E-state index < -0.39 is 0 Å². The first-order valence-electron chi connectivity index (χ1n) is 12.3. The Balaban J connectivity index is 1.36. The van der Waals surface area contributed by atoms with Gasteiger partial charge in [-0.1, -0.05) is 69.7 Å². The number of hydrogen-bond acceptors (Lipinski definition) is 2. The molecule has 162 valence electrons. The zero-order valence-electron chi connectivity index (χ0n) is 18.9. The number of hydrogen-bond donors (Lipinski definition) is 0. The SMILES string of the molecule is CCCCCCC1CC[C@@H]2CC(c3ccc4cc(C(=O)OC)ccc4c3)CC[C@H]2C1. The largest absolute Gasteiger partial charge is 0.465 e. The Morgan fingerprint density at radius 1 is 0.900 bits per heavy atom. The van der Waals surface area contributed by atoms with Crippen molar-refractivity contribution in [2.75, 3.05) is 7.11 Å². The van der Waals surface area contributed by atoms with E-state index in [1.54, 1.807) is 0 Å². The first-order valence-corrected chi connectivity index (χ1v) is 12.3. The summed E-state index contributed by atoms with van der Waals surface area (Å²) in [4.78, 5) is 11.8. The molecule has 0 heterocycles. The molecule has 0 spiro atoms. The Labute approximate surface area is 182 Å². The summed E-state index contributed by atoms with van der Waals surface area (Å²) < 4.78 is 4.86. The molecule has 0 amide bonds. The number of methoxy groups -OCH3 is 1. The topological polar surface area (TPSA) is 26.3 Å². The number of unbranched alkanes of at least 4 members (excludes halogenated alkanes) is 3. The highest BCUT2D eigenvalue weighted by Crippen LogP contribution is 2.48. The number of fused-ring (bicyclic) bond motifs is 2. The van der Waals surface area contributed by atoms with Gasteiger partial charge in [-0.15, -0.1) is 0 Å². The second-order valence-corrected chi connectivity index (χ2v) is 9.87. The number of esters is 1. The standard InChI is InChI=1S/C28H38O2/c1-3-4-5-6-7-20-8-9-22-17-23(11-10-21(22)16-20)24-12-13-26-19-27(28(29)30-2)15-14-25(26)18-24/h12-15,18-23H,3-11,16-17H2,1-2H3/t20?,21-,22+,23?/m0/s1. The molecule has 2 saturated carbocycles. The second-order valence-electron chi connectivity index (χ2n) is 9.87. The third-order valence-electron chi connectivity index (χ3n) is 7.94. The molecule has 2 aliphatic carbocycles. The number of benzene rings is 2. The van der Waals surface area contributed by atoms with E-state index >= 15 is 0 Å². The predicted octanol–water partition coefficient (Wildman–Crippen LogP) is 7.90. The molecule has 0 N–H and O–H groups in total. The zero-order valence-corrected chi connectivity index (χ0v) is 18.9. The third-order valence-corrected chi connectivity index (χ3v) is 7.94. The minimum Gasteiger partial charge on any atom is -0.465 e. The van der Waals surface area contributed by atoms with Crippen LogP contribution < -0.4 is 0 Å². The molecular weight excluding hydrogens is 368 g/mol. The first-order chi connectivity index (χ1) is 14.7. The average molecular weight is 407 g/mol. The zero-order chi connectivity index (χ0) is 20.9. The normalized spacial score (nSPS) is 26.3. The van der Waals surface area contributed by atoms with Crippen molar-refractivity contribution in [2.24, 2.45) is 17.8 Å². The summed E-state index contributed by atoms with van der Waals surface area (Å²) in [7, 11) is 1.44. The maximum atomic E-state index is 11.8. The molecule has 2 aliphatic rings. The maximum absolute atomic E-state index is 11.8. The smallest absolute Gasteiger partial charge is 0.337 e. The van der Waals surface area contributed by atoms with Crippen LogP contribution in [-0.2, 0) is 4.74 Å². The van der Waals surface area contributed by atoms with Gasteiger partial charge in [-0.2, -0.15) is 0 Å². The van der Waals surface area contributed by atoms with Crippen LogP contribution >= 0.6 is 0 Å². The summed E-state index contributed by atoms with van der Waals surface area (Å²) in [5.41, 5.74) is 2.12. The summed E-state index contributed by atoms with van der Waals surface area (Å²) in [6, 6.07) is 12.8. The van der Waals surface area contributed by atoms with Crippen LogP contribution in [0.1, 0.15) is 99.4 Å². The lowest BCUT2D eigenvalue weighted by molar-refractivity contribution is 0.0601. The van der Waals surface area contributed by atoms with Crippen LogP contribution in [0, 0.1) is 17.8 Å². The fourth-order valence-electron chi connectivity index (χ4n) is 6.17. The van der Waals surface area contributed by atoms with Gasteiger partial charge >= 0.3 is 5.97 Å². The fraction of sp³-hybridized carbons (Fsp3) is 0.607. The van der Waals surface area contributed by atoms with Crippen LogP contribution in [0.2, 0.25) is 0 Å². The Kier molecular flexibility index (Phi) is 7.12. The molecular formula is C28H38O2. The number of rotatable bonds is 7. The van der Waals surface area contributed by atoms with E-state index in [0.717, 1.165) is 23.1 Å². The van der Waals surface area contributed by atoms with Crippen molar-refractivity contribution in [1.29, 1.82) is 0 Å². The van der Waals surface area contributed by atoms with Crippen molar-refractivity contribution in [3.05, 3.63) is 47.5 Å². The van der Waals surface area contributed by atoms with Crippen LogP contribution in [0.25, 0.3) is 10.8 Å². The van der Waals surface area contributed by atoms with Crippen molar-refractivity contribution in [2.45, 2.75) is 83.5 Å². The van der Waals surface area contributed by atoms with Crippen molar-refractivity contribution < 1.29 is 9.53 Å². The summed E-state index contributed by atoms with van der Waals surface area (Å²) in [6.45, 7) is 2.30. The van der Waals surface area contributed by atoms with Gasteiger partial charge in [0.2, 0.25) is 0 Å². The molecule has 2 nitrogen and oxygen atoms in total. The highest BCUT2D eigenvalue weighted by atomic mass is 16.5. The van der Waals surface area contributed by atoms with E-state index in [2.05, 4.69) is 31.2 Å². The highest BCUT2D eigenvalue weighted by Gasteiger charge is 2.35. The monoisotopic (exact) mass is 406 g/mol. The lowest BCUT2D eigenvalue weighted by Gasteiger charge is -2.42. The van der Waals surface area contributed by atoms with Crippen LogP contribution in [0.15, 0.2) is 36.4 Å². The first kappa shape index (κ1) is 21.4. The Hall–Kier alpha value is -1.83. The summed E-state index contributed by atoms with van der Waals surface area (Å²) in [6.07, 6.45) is 15.7. The van der Waals surface area contributed by atoms with Gasteiger partial charge in [0.05, 0.1) is 12.7 Å². The molecule has 4 atom stereocenters.